The number of aromatic nitrogens is 1. The highest BCUT2D eigenvalue weighted by atomic mass is 79.9. The van der Waals surface area contributed by atoms with Gasteiger partial charge in [0.1, 0.15) is 0 Å². The number of hydrogen-bond donors (Lipinski definition) is 1. The van der Waals surface area contributed by atoms with Gasteiger partial charge < -0.3 is 9.84 Å². The van der Waals surface area contributed by atoms with E-state index >= 15 is 0 Å². The molecule has 0 aliphatic heterocycles. The first kappa shape index (κ1) is 12.8. The standard InChI is InChI=1S/C9H8BrF2NO3/c1-16-9-5(10)2-4(8(11)12)6(13-9)3-7(14)15/h2,8H,3H2,1H3,(H,14,15). The molecule has 16 heavy (non-hydrogen) atoms. The molecular formula is C9H8BrF2NO3. The van der Waals surface area contributed by atoms with Crippen molar-refractivity contribution in [2.45, 2.75) is 12.8 Å². The Balaban J connectivity index is 3.24. The van der Waals surface area contributed by atoms with Crippen molar-refractivity contribution in [1.82, 2.24) is 4.98 Å². The number of pyridine rings is 1. The molecule has 0 aromatic carbocycles. The van der Waals surface area contributed by atoms with Crippen molar-refractivity contribution < 1.29 is 23.4 Å². The molecule has 0 amide bonds. The van der Waals surface area contributed by atoms with Gasteiger partial charge in [0.15, 0.2) is 0 Å². The number of halogens is 3. The van der Waals surface area contributed by atoms with E-state index in [1.54, 1.807) is 0 Å². The molecule has 0 aliphatic rings. The molecule has 88 valence electrons. The van der Waals surface area contributed by atoms with E-state index in [0.29, 0.717) is 0 Å². The molecule has 0 unspecified atom stereocenters. The molecule has 1 N–H and O–H groups in total. The molecule has 1 aromatic rings. The Bertz CT molecular complexity index is 412. The van der Waals surface area contributed by atoms with Gasteiger partial charge in [0.2, 0.25) is 5.88 Å². The van der Waals surface area contributed by atoms with Crippen LogP contribution >= 0.6 is 15.9 Å². The number of rotatable bonds is 4. The lowest BCUT2D eigenvalue weighted by Crippen LogP contribution is -2.08. The summed E-state index contributed by atoms with van der Waals surface area (Å²) < 4.78 is 30.3. The van der Waals surface area contributed by atoms with E-state index in [0.717, 1.165) is 6.07 Å². The van der Waals surface area contributed by atoms with Crippen molar-refractivity contribution in [3.63, 3.8) is 0 Å². The number of carboxylic acids is 1. The number of hydrogen-bond acceptors (Lipinski definition) is 3. The summed E-state index contributed by atoms with van der Waals surface area (Å²) in [5.74, 6) is -1.14. The maximum Gasteiger partial charge on any atom is 0.309 e. The van der Waals surface area contributed by atoms with Crippen LogP contribution in [0.2, 0.25) is 0 Å². The van der Waals surface area contributed by atoms with Crippen LogP contribution in [0.4, 0.5) is 8.78 Å². The lowest BCUT2D eigenvalue weighted by molar-refractivity contribution is -0.136. The van der Waals surface area contributed by atoms with Crippen molar-refractivity contribution in [1.29, 1.82) is 0 Å². The number of carbonyl (C=O) groups is 1. The Morgan fingerprint density at radius 3 is 2.75 bits per heavy atom. The summed E-state index contributed by atoms with van der Waals surface area (Å²) in [6, 6.07) is 1.12. The topological polar surface area (TPSA) is 59.4 Å². The highest BCUT2D eigenvalue weighted by molar-refractivity contribution is 9.10. The molecule has 0 radical (unpaired) electrons. The van der Waals surface area contributed by atoms with E-state index in [1.807, 2.05) is 0 Å². The molecule has 7 heteroatoms. The Labute approximate surface area is 98.4 Å². The Morgan fingerprint density at radius 1 is 1.69 bits per heavy atom. The lowest BCUT2D eigenvalue weighted by Gasteiger charge is -2.09. The third-order valence-corrected chi connectivity index (χ3v) is 2.37. The molecule has 4 nitrogen and oxygen atoms in total. The van der Waals surface area contributed by atoms with Crippen LogP contribution in [0, 0.1) is 0 Å². The highest BCUT2D eigenvalue weighted by Gasteiger charge is 2.19. The van der Waals surface area contributed by atoms with Crippen LogP contribution in [-0.4, -0.2) is 23.2 Å². The predicted octanol–water partition coefficient (Wildman–Crippen LogP) is 2.42. The zero-order chi connectivity index (χ0) is 12.3. The van der Waals surface area contributed by atoms with Crippen LogP contribution in [0.1, 0.15) is 17.7 Å². The van der Waals surface area contributed by atoms with E-state index in [9.17, 15) is 13.6 Å². The normalized spacial score (nSPS) is 10.6. The monoisotopic (exact) mass is 295 g/mol. The third kappa shape index (κ3) is 2.88. The van der Waals surface area contributed by atoms with Gasteiger partial charge in [0, 0.05) is 5.56 Å². The van der Waals surface area contributed by atoms with Gasteiger partial charge in [0.25, 0.3) is 6.43 Å². The Hall–Kier alpha value is -1.24. The molecule has 0 fully saturated rings. The Morgan fingerprint density at radius 2 is 2.31 bits per heavy atom. The second kappa shape index (κ2) is 5.20. The Kier molecular flexibility index (Phi) is 4.17. The fourth-order valence-corrected chi connectivity index (χ4v) is 1.64. The molecule has 0 saturated heterocycles. The minimum atomic E-state index is -2.77. The van der Waals surface area contributed by atoms with Gasteiger partial charge in [-0.3, -0.25) is 4.79 Å². The fraction of sp³-hybridized carbons (Fsp3) is 0.333. The fourth-order valence-electron chi connectivity index (χ4n) is 1.14. The number of aliphatic carboxylic acids is 1. The van der Waals surface area contributed by atoms with E-state index in [2.05, 4.69) is 20.9 Å². The average Bonchev–Trinajstić information content (AvgIpc) is 2.19. The van der Waals surface area contributed by atoms with Crippen LogP contribution in [0.3, 0.4) is 0 Å². The number of nitrogens with zero attached hydrogens (tertiary/aromatic N) is 1. The van der Waals surface area contributed by atoms with Gasteiger partial charge in [-0.1, -0.05) is 0 Å². The summed E-state index contributed by atoms with van der Waals surface area (Å²) in [4.78, 5) is 14.2. The van der Waals surface area contributed by atoms with E-state index in [4.69, 9.17) is 9.84 Å². The van der Waals surface area contributed by atoms with Crippen molar-refractivity contribution >= 4 is 21.9 Å². The van der Waals surface area contributed by atoms with E-state index in [-0.39, 0.29) is 16.0 Å². The summed E-state index contributed by atoms with van der Waals surface area (Å²) in [7, 11) is 1.32. The molecule has 0 atom stereocenters. The minimum absolute atomic E-state index is 0.0839. The molecule has 0 saturated carbocycles. The van der Waals surface area contributed by atoms with Gasteiger partial charge >= 0.3 is 5.97 Å². The van der Waals surface area contributed by atoms with Crippen LogP contribution in [0.5, 0.6) is 5.88 Å². The second-order valence-electron chi connectivity index (χ2n) is 2.89. The predicted molar refractivity (Wildman–Crippen MR) is 54.8 cm³/mol. The summed E-state index contributed by atoms with van der Waals surface area (Å²) in [5.41, 5.74) is -0.599. The first-order valence-corrected chi connectivity index (χ1v) is 4.98. The zero-order valence-electron chi connectivity index (χ0n) is 8.21. The summed E-state index contributed by atoms with van der Waals surface area (Å²) in [5, 5.41) is 8.57. The lowest BCUT2D eigenvalue weighted by atomic mass is 10.1. The van der Waals surface area contributed by atoms with Gasteiger partial charge in [-0.05, 0) is 22.0 Å². The molecular weight excluding hydrogens is 288 g/mol. The molecule has 1 heterocycles. The van der Waals surface area contributed by atoms with Gasteiger partial charge in [-0.2, -0.15) is 0 Å². The first-order chi connectivity index (χ1) is 7.45. The van der Waals surface area contributed by atoms with Crippen LogP contribution in [-0.2, 0) is 11.2 Å². The van der Waals surface area contributed by atoms with Gasteiger partial charge in [-0.15, -0.1) is 0 Å². The van der Waals surface area contributed by atoms with Crippen molar-refractivity contribution in [3.8, 4) is 5.88 Å². The van der Waals surface area contributed by atoms with Gasteiger partial charge in [0.05, 0.1) is 23.7 Å². The zero-order valence-corrected chi connectivity index (χ0v) is 9.79. The second-order valence-corrected chi connectivity index (χ2v) is 3.74. The third-order valence-electron chi connectivity index (χ3n) is 1.80. The minimum Gasteiger partial charge on any atom is -0.481 e. The molecule has 0 aliphatic carbocycles. The molecule has 0 spiro atoms. The number of methoxy groups -OCH3 is 1. The average molecular weight is 296 g/mol. The molecule has 0 bridgehead atoms. The van der Waals surface area contributed by atoms with Crippen molar-refractivity contribution in [3.05, 3.63) is 21.8 Å². The highest BCUT2D eigenvalue weighted by Crippen LogP contribution is 2.30. The number of carboxylic acid groups (broad SMARTS) is 1. The summed E-state index contributed by atoms with van der Waals surface area (Å²) >= 11 is 3.01. The smallest absolute Gasteiger partial charge is 0.309 e. The van der Waals surface area contributed by atoms with Crippen LogP contribution in [0.25, 0.3) is 0 Å². The first-order valence-electron chi connectivity index (χ1n) is 4.19. The van der Waals surface area contributed by atoms with E-state index in [1.165, 1.54) is 7.11 Å². The maximum absolute atomic E-state index is 12.6. The quantitative estimate of drug-likeness (QED) is 0.927. The maximum atomic E-state index is 12.6. The van der Waals surface area contributed by atoms with E-state index < -0.39 is 24.4 Å². The molecule has 1 aromatic heterocycles. The summed E-state index contributed by atoms with van der Waals surface area (Å²) in [6.45, 7) is 0. The SMILES string of the molecule is COc1nc(CC(=O)O)c(C(F)F)cc1Br. The van der Waals surface area contributed by atoms with Crippen LogP contribution in [0.15, 0.2) is 10.5 Å². The summed E-state index contributed by atoms with van der Waals surface area (Å²) in [6.07, 6.45) is -3.34. The largest absolute Gasteiger partial charge is 0.481 e. The van der Waals surface area contributed by atoms with Crippen molar-refractivity contribution in [2.24, 2.45) is 0 Å². The molecule has 1 rings (SSSR count). The van der Waals surface area contributed by atoms with Crippen molar-refractivity contribution in [2.75, 3.05) is 7.11 Å². The van der Waals surface area contributed by atoms with Gasteiger partial charge in [-0.25, -0.2) is 13.8 Å². The number of alkyl halides is 2. The van der Waals surface area contributed by atoms with Crippen LogP contribution < -0.4 is 4.74 Å². The number of ether oxygens (including phenoxy) is 1.